The van der Waals surface area contributed by atoms with E-state index in [1.165, 1.54) is 18.5 Å². The van der Waals surface area contributed by atoms with Crippen LogP contribution in [0.2, 0.25) is 0 Å². The van der Waals surface area contributed by atoms with E-state index >= 15 is 0 Å². The number of hydrogen-bond donors (Lipinski definition) is 0. The van der Waals surface area contributed by atoms with Crippen molar-refractivity contribution >= 4 is 20.6 Å². The van der Waals surface area contributed by atoms with E-state index in [0.717, 1.165) is 0 Å². The first-order chi connectivity index (χ1) is 4.31. The SMILES string of the molecule is [Se]=P12CCCC1CCC2. The summed E-state index contributed by atoms with van der Waals surface area (Å²) in [7, 11) is 0. The molecule has 2 heterocycles. The Bertz CT molecular complexity index is 150. The van der Waals surface area contributed by atoms with Gasteiger partial charge in [-0.25, -0.2) is 0 Å². The summed E-state index contributed by atoms with van der Waals surface area (Å²) in [5.74, 6) is 0. The fraction of sp³-hybridized carbons (Fsp3) is 1.00. The van der Waals surface area contributed by atoms with E-state index in [-0.39, 0.29) is 0 Å². The summed E-state index contributed by atoms with van der Waals surface area (Å²) in [5.41, 5.74) is 0.772. The van der Waals surface area contributed by atoms with Crippen molar-refractivity contribution in [2.75, 3.05) is 12.3 Å². The summed E-state index contributed by atoms with van der Waals surface area (Å²) in [6, 6.07) is 0. The zero-order chi connectivity index (χ0) is 6.32. The molecule has 2 aliphatic rings. The molecule has 2 aliphatic heterocycles. The molecule has 0 N–H and O–H groups in total. The summed E-state index contributed by atoms with van der Waals surface area (Å²) in [6.07, 6.45) is 9.34. The molecule has 0 atom stereocenters. The van der Waals surface area contributed by atoms with Crippen LogP contribution >= 0.6 is 5.51 Å². The molecule has 0 aromatic heterocycles. The van der Waals surface area contributed by atoms with E-state index in [9.17, 15) is 0 Å². The summed E-state index contributed by atoms with van der Waals surface area (Å²) < 4.78 is 0. The molecule has 0 aromatic rings. The van der Waals surface area contributed by atoms with Crippen LogP contribution in [0.3, 0.4) is 0 Å². The second kappa shape index (κ2) is 2.22. The molecule has 2 fully saturated rings. The van der Waals surface area contributed by atoms with Crippen LogP contribution in [0.1, 0.15) is 25.7 Å². The Morgan fingerprint density at radius 1 is 1.11 bits per heavy atom. The molecule has 0 nitrogen and oxygen atoms in total. The van der Waals surface area contributed by atoms with Crippen molar-refractivity contribution in [1.29, 1.82) is 0 Å². The zero-order valence-corrected chi connectivity index (χ0v) is 8.28. The van der Waals surface area contributed by atoms with E-state index in [2.05, 4.69) is 15.1 Å². The van der Waals surface area contributed by atoms with Crippen molar-refractivity contribution in [3.05, 3.63) is 0 Å². The van der Waals surface area contributed by atoms with Crippen LogP contribution in [0.4, 0.5) is 0 Å². The molecule has 0 bridgehead atoms. The predicted octanol–water partition coefficient (Wildman–Crippen LogP) is 2.04. The maximum atomic E-state index is 3.53. The van der Waals surface area contributed by atoms with Crippen LogP contribution in [0.25, 0.3) is 0 Å². The molecule has 0 spiro atoms. The van der Waals surface area contributed by atoms with Crippen molar-refractivity contribution in [1.82, 2.24) is 0 Å². The first-order valence-corrected chi connectivity index (χ1v) is 8.33. The van der Waals surface area contributed by atoms with Crippen LogP contribution in [-0.2, 0) is 0 Å². The maximum absolute atomic E-state index is 3.53. The average molecular weight is 207 g/mol. The molecule has 0 aliphatic carbocycles. The summed E-state index contributed by atoms with van der Waals surface area (Å²) in [6.45, 7) is 0. The first-order valence-electron chi connectivity index (χ1n) is 3.89. The standard InChI is InChI=1S/C7H13PSe/c9-8-5-1-3-7(8)4-2-6-8/h7H,1-6H2. The van der Waals surface area contributed by atoms with E-state index in [0.29, 0.717) is 0 Å². The summed E-state index contributed by atoms with van der Waals surface area (Å²) in [5, 5.41) is 0. The summed E-state index contributed by atoms with van der Waals surface area (Å²) in [4.78, 5) is 0. The molecule has 0 saturated carbocycles. The third-order valence-electron chi connectivity index (χ3n) is 2.81. The molecule has 0 radical (unpaired) electrons. The van der Waals surface area contributed by atoms with Crippen molar-refractivity contribution in [2.24, 2.45) is 0 Å². The van der Waals surface area contributed by atoms with Gasteiger partial charge in [-0.05, 0) is 0 Å². The van der Waals surface area contributed by atoms with Gasteiger partial charge in [0.15, 0.2) is 0 Å². The van der Waals surface area contributed by atoms with Crippen molar-refractivity contribution < 1.29 is 0 Å². The third-order valence-corrected chi connectivity index (χ3v) is 11.0. The van der Waals surface area contributed by atoms with E-state index in [1.807, 2.05) is 0 Å². The van der Waals surface area contributed by atoms with Crippen LogP contribution in [0.5, 0.6) is 0 Å². The van der Waals surface area contributed by atoms with Crippen molar-refractivity contribution in [2.45, 2.75) is 31.3 Å². The number of rotatable bonds is 0. The molecule has 2 heteroatoms. The van der Waals surface area contributed by atoms with Gasteiger partial charge in [0.2, 0.25) is 0 Å². The van der Waals surface area contributed by atoms with Crippen LogP contribution in [0.15, 0.2) is 0 Å². The van der Waals surface area contributed by atoms with Gasteiger partial charge in [-0.15, -0.1) is 0 Å². The Morgan fingerprint density at radius 2 is 1.67 bits per heavy atom. The normalized spacial score (nSPS) is 49.6. The fourth-order valence-electron chi connectivity index (χ4n) is 2.28. The van der Waals surface area contributed by atoms with Gasteiger partial charge in [0.1, 0.15) is 0 Å². The van der Waals surface area contributed by atoms with Gasteiger partial charge in [0, 0.05) is 0 Å². The third kappa shape index (κ3) is 0.985. The second-order valence-corrected chi connectivity index (χ2v) is 11.4. The quantitative estimate of drug-likeness (QED) is 0.421. The van der Waals surface area contributed by atoms with Crippen LogP contribution in [0, 0.1) is 0 Å². The molecule has 0 amide bonds. The monoisotopic (exact) mass is 208 g/mol. The predicted molar refractivity (Wildman–Crippen MR) is 44.7 cm³/mol. The molecule has 0 aromatic carbocycles. The fourth-order valence-corrected chi connectivity index (χ4v) is 8.93. The van der Waals surface area contributed by atoms with Crippen LogP contribution in [-0.4, -0.2) is 33.1 Å². The van der Waals surface area contributed by atoms with E-state index in [1.54, 1.807) is 25.2 Å². The Morgan fingerprint density at radius 3 is 2.11 bits per heavy atom. The van der Waals surface area contributed by atoms with Gasteiger partial charge < -0.3 is 0 Å². The van der Waals surface area contributed by atoms with Gasteiger partial charge in [0.05, 0.1) is 0 Å². The zero-order valence-electron chi connectivity index (χ0n) is 5.68. The first kappa shape index (κ1) is 6.65. The van der Waals surface area contributed by atoms with Crippen molar-refractivity contribution in [3.8, 4) is 0 Å². The minimum atomic E-state index is -0.406. The molecular formula is C7H13PSe. The summed E-state index contributed by atoms with van der Waals surface area (Å²) >= 11 is 3.53. The van der Waals surface area contributed by atoms with Gasteiger partial charge in [-0.2, -0.15) is 0 Å². The van der Waals surface area contributed by atoms with Gasteiger partial charge in [-0.3, -0.25) is 0 Å². The van der Waals surface area contributed by atoms with Gasteiger partial charge >= 0.3 is 64.3 Å². The topological polar surface area (TPSA) is 0 Å². The molecular weight excluding hydrogens is 194 g/mol. The number of hydrogen-bond acceptors (Lipinski definition) is 0. The molecule has 0 unspecified atom stereocenters. The average Bonchev–Trinajstić information content (AvgIpc) is 2.22. The number of fused-ring (bicyclic) bond motifs is 1. The molecule has 2 rings (SSSR count). The Hall–Kier alpha value is 0.949. The molecule has 9 heavy (non-hydrogen) atoms. The van der Waals surface area contributed by atoms with E-state index in [4.69, 9.17) is 0 Å². The second-order valence-electron chi connectivity index (χ2n) is 3.34. The van der Waals surface area contributed by atoms with E-state index < -0.39 is 5.51 Å². The Labute approximate surface area is 64.6 Å². The van der Waals surface area contributed by atoms with Crippen molar-refractivity contribution in [3.63, 3.8) is 0 Å². The Kier molecular flexibility index (Phi) is 1.64. The van der Waals surface area contributed by atoms with Gasteiger partial charge in [-0.1, -0.05) is 0 Å². The minimum absolute atomic E-state index is 0.406. The van der Waals surface area contributed by atoms with Gasteiger partial charge in [0.25, 0.3) is 0 Å². The Balaban J connectivity index is 2.27. The molecule has 52 valence electrons. The molecule has 2 saturated heterocycles. The van der Waals surface area contributed by atoms with Crippen LogP contribution < -0.4 is 0 Å².